The number of thioether (sulfide) groups is 1. The van der Waals surface area contributed by atoms with E-state index in [9.17, 15) is 9.50 Å². The van der Waals surface area contributed by atoms with Crippen molar-refractivity contribution >= 4 is 11.8 Å². The van der Waals surface area contributed by atoms with E-state index in [1.165, 1.54) is 12.1 Å². The molecule has 1 fully saturated rings. The smallest absolute Gasteiger partial charge is 0.128 e. The Bertz CT molecular complexity index is 429. The van der Waals surface area contributed by atoms with Gasteiger partial charge in [-0.3, -0.25) is 0 Å². The molecule has 0 aromatic heterocycles. The van der Waals surface area contributed by atoms with Gasteiger partial charge in [0.2, 0.25) is 0 Å². The number of ether oxygens (including phenoxy) is 1. The van der Waals surface area contributed by atoms with Gasteiger partial charge in [0.25, 0.3) is 0 Å². The first-order chi connectivity index (χ1) is 8.19. The van der Waals surface area contributed by atoms with Gasteiger partial charge in [-0.2, -0.15) is 11.8 Å². The van der Waals surface area contributed by atoms with Gasteiger partial charge in [0.05, 0.1) is 6.10 Å². The quantitative estimate of drug-likeness (QED) is 0.772. The van der Waals surface area contributed by atoms with Crippen molar-refractivity contribution < 1.29 is 14.2 Å². The molecule has 3 rings (SSSR count). The van der Waals surface area contributed by atoms with Crippen LogP contribution in [0, 0.1) is 5.82 Å². The molecule has 0 aliphatic carbocycles. The van der Waals surface area contributed by atoms with Crippen LogP contribution in [0.2, 0.25) is 0 Å². The lowest BCUT2D eigenvalue weighted by molar-refractivity contribution is -0.0200. The Morgan fingerprint density at radius 3 is 2.88 bits per heavy atom. The number of rotatable bonds is 0. The molecule has 92 valence electrons. The molecule has 0 amide bonds. The lowest BCUT2D eigenvalue weighted by Gasteiger charge is -2.43. The van der Waals surface area contributed by atoms with Crippen LogP contribution in [0.25, 0.3) is 0 Å². The second kappa shape index (κ2) is 4.18. The summed E-state index contributed by atoms with van der Waals surface area (Å²) in [4.78, 5) is 0. The van der Waals surface area contributed by atoms with Crippen molar-refractivity contribution in [3.05, 3.63) is 29.6 Å². The minimum absolute atomic E-state index is 0.272. The number of fused-ring (bicyclic) bond motifs is 1. The Labute approximate surface area is 104 Å². The van der Waals surface area contributed by atoms with E-state index in [1.807, 2.05) is 11.8 Å². The zero-order chi connectivity index (χ0) is 11.9. The normalized spacial score (nSPS) is 26.4. The predicted octanol–water partition coefficient (Wildman–Crippen LogP) is 2.91. The Morgan fingerprint density at radius 1 is 1.35 bits per heavy atom. The van der Waals surface area contributed by atoms with E-state index in [1.54, 1.807) is 6.07 Å². The van der Waals surface area contributed by atoms with Crippen molar-refractivity contribution in [2.75, 3.05) is 11.5 Å². The summed E-state index contributed by atoms with van der Waals surface area (Å²) >= 11 is 1.91. The average molecular weight is 254 g/mol. The summed E-state index contributed by atoms with van der Waals surface area (Å²) in [5.74, 6) is 2.32. The number of aliphatic hydroxyl groups excluding tert-OH is 1. The van der Waals surface area contributed by atoms with E-state index in [0.717, 1.165) is 29.9 Å². The van der Waals surface area contributed by atoms with Gasteiger partial charge in [-0.15, -0.1) is 0 Å². The molecule has 1 aromatic carbocycles. The van der Waals surface area contributed by atoms with Gasteiger partial charge in [0.15, 0.2) is 0 Å². The van der Waals surface area contributed by atoms with Gasteiger partial charge < -0.3 is 9.84 Å². The molecule has 0 saturated carbocycles. The highest BCUT2D eigenvalue weighted by molar-refractivity contribution is 7.99. The maximum atomic E-state index is 13.2. The van der Waals surface area contributed by atoms with Crippen molar-refractivity contribution in [2.24, 2.45) is 0 Å². The van der Waals surface area contributed by atoms with Crippen LogP contribution in [0.3, 0.4) is 0 Å². The number of halogens is 1. The molecule has 1 atom stereocenters. The standard InChI is InChI=1S/C13H15FO2S/c14-9-1-2-10-11(15)8-13(16-12(10)7-9)3-5-17-6-4-13/h1-2,7,11,15H,3-6,8H2/t11-/m0/s1. The van der Waals surface area contributed by atoms with Crippen molar-refractivity contribution in [1.29, 1.82) is 0 Å². The van der Waals surface area contributed by atoms with Crippen LogP contribution in [0.15, 0.2) is 18.2 Å². The Hall–Kier alpha value is -0.740. The second-order valence-electron chi connectivity index (χ2n) is 4.80. The molecule has 1 saturated heterocycles. The first-order valence-electron chi connectivity index (χ1n) is 5.93. The summed E-state index contributed by atoms with van der Waals surface area (Å²) in [6.07, 6.45) is 1.98. The second-order valence-corrected chi connectivity index (χ2v) is 6.02. The zero-order valence-corrected chi connectivity index (χ0v) is 10.3. The molecule has 2 nitrogen and oxygen atoms in total. The molecule has 2 aliphatic rings. The Balaban J connectivity index is 1.95. The predicted molar refractivity (Wildman–Crippen MR) is 65.9 cm³/mol. The van der Waals surface area contributed by atoms with Gasteiger partial charge in [0, 0.05) is 18.1 Å². The topological polar surface area (TPSA) is 29.5 Å². The summed E-state index contributed by atoms with van der Waals surface area (Å²) in [5.41, 5.74) is 0.445. The molecule has 1 N–H and O–H groups in total. The maximum Gasteiger partial charge on any atom is 0.128 e. The third-order valence-corrected chi connectivity index (χ3v) is 4.62. The molecular formula is C13H15FO2S. The summed E-state index contributed by atoms with van der Waals surface area (Å²) in [5, 5.41) is 10.2. The number of aliphatic hydroxyl groups is 1. The minimum atomic E-state index is -0.526. The summed E-state index contributed by atoms with van der Waals surface area (Å²) in [7, 11) is 0. The van der Waals surface area contributed by atoms with Gasteiger partial charge >= 0.3 is 0 Å². The fraction of sp³-hybridized carbons (Fsp3) is 0.538. The van der Waals surface area contributed by atoms with E-state index >= 15 is 0 Å². The molecule has 0 radical (unpaired) electrons. The molecule has 2 aliphatic heterocycles. The van der Waals surface area contributed by atoms with Crippen LogP contribution >= 0.6 is 11.8 Å². The lowest BCUT2D eigenvalue weighted by Crippen LogP contribution is -2.44. The van der Waals surface area contributed by atoms with E-state index in [0.29, 0.717) is 12.2 Å². The van der Waals surface area contributed by atoms with Crippen molar-refractivity contribution in [2.45, 2.75) is 31.0 Å². The largest absolute Gasteiger partial charge is 0.487 e. The highest BCUT2D eigenvalue weighted by Gasteiger charge is 2.41. The molecule has 0 bridgehead atoms. The van der Waals surface area contributed by atoms with Gasteiger partial charge in [-0.1, -0.05) is 0 Å². The fourth-order valence-corrected chi connectivity index (χ4v) is 3.90. The Kier molecular flexibility index (Phi) is 2.79. The highest BCUT2D eigenvalue weighted by atomic mass is 32.2. The average Bonchev–Trinajstić information content (AvgIpc) is 2.29. The van der Waals surface area contributed by atoms with Gasteiger partial charge in [0.1, 0.15) is 17.2 Å². The van der Waals surface area contributed by atoms with Crippen LogP contribution < -0.4 is 4.74 Å². The van der Waals surface area contributed by atoms with Crippen LogP contribution in [-0.4, -0.2) is 22.2 Å². The van der Waals surface area contributed by atoms with E-state index in [-0.39, 0.29) is 11.4 Å². The van der Waals surface area contributed by atoms with Crippen LogP contribution in [0.1, 0.15) is 30.9 Å². The first kappa shape index (κ1) is 11.4. The molecule has 0 unspecified atom stereocenters. The van der Waals surface area contributed by atoms with Crippen molar-refractivity contribution in [3.8, 4) is 5.75 Å². The summed E-state index contributed by atoms with van der Waals surface area (Å²) in [6, 6.07) is 4.39. The Morgan fingerprint density at radius 2 is 2.12 bits per heavy atom. The highest BCUT2D eigenvalue weighted by Crippen LogP contribution is 2.45. The zero-order valence-electron chi connectivity index (χ0n) is 9.49. The van der Waals surface area contributed by atoms with Crippen LogP contribution in [0.5, 0.6) is 5.75 Å². The minimum Gasteiger partial charge on any atom is -0.487 e. The maximum absolute atomic E-state index is 13.2. The first-order valence-corrected chi connectivity index (χ1v) is 7.08. The number of benzene rings is 1. The fourth-order valence-electron chi connectivity index (χ4n) is 2.66. The SMILES string of the molecule is O[C@H]1CC2(CCSCC2)Oc2cc(F)ccc21. The molecular weight excluding hydrogens is 239 g/mol. The molecule has 1 aromatic rings. The van der Waals surface area contributed by atoms with Crippen LogP contribution in [-0.2, 0) is 0 Å². The third kappa shape index (κ3) is 2.04. The van der Waals surface area contributed by atoms with Crippen molar-refractivity contribution in [3.63, 3.8) is 0 Å². The molecule has 17 heavy (non-hydrogen) atoms. The van der Waals surface area contributed by atoms with Crippen molar-refractivity contribution in [1.82, 2.24) is 0 Å². The number of hydrogen-bond acceptors (Lipinski definition) is 3. The third-order valence-electron chi connectivity index (χ3n) is 3.63. The summed E-state index contributed by atoms with van der Waals surface area (Å²) in [6.45, 7) is 0. The monoisotopic (exact) mass is 254 g/mol. The van der Waals surface area contributed by atoms with Gasteiger partial charge in [-0.05, 0) is 36.5 Å². The van der Waals surface area contributed by atoms with Gasteiger partial charge in [-0.25, -0.2) is 4.39 Å². The van der Waals surface area contributed by atoms with E-state index in [2.05, 4.69) is 0 Å². The van der Waals surface area contributed by atoms with E-state index < -0.39 is 6.10 Å². The number of hydrogen-bond donors (Lipinski definition) is 1. The van der Waals surface area contributed by atoms with Crippen LogP contribution in [0.4, 0.5) is 4.39 Å². The molecule has 1 spiro atoms. The molecule has 4 heteroatoms. The van der Waals surface area contributed by atoms with E-state index in [4.69, 9.17) is 4.74 Å². The lowest BCUT2D eigenvalue weighted by atomic mass is 9.84. The summed E-state index contributed by atoms with van der Waals surface area (Å²) < 4.78 is 19.2. The molecule has 2 heterocycles.